The zero-order valence-corrected chi connectivity index (χ0v) is 11.2. The molecule has 1 fully saturated rings. The summed E-state index contributed by atoms with van der Waals surface area (Å²) in [6, 6.07) is 2.46. The molecule has 2 unspecified atom stereocenters. The lowest BCUT2D eigenvalue weighted by molar-refractivity contribution is -0.136. The molecule has 0 saturated heterocycles. The molecule has 0 aliphatic heterocycles. The quantitative estimate of drug-likeness (QED) is 0.873. The first-order valence-electron chi connectivity index (χ1n) is 6.16. The number of hydrogen-bond acceptors (Lipinski definition) is 3. The first-order valence-corrected chi connectivity index (χ1v) is 7.11. The van der Waals surface area contributed by atoms with E-state index in [2.05, 4.69) is 16.8 Å². The molecule has 1 heterocycles. The third kappa shape index (κ3) is 3.07. The van der Waals surface area contributed by atoms with Crippen LogP contribution in [0.5, 0.6) is 0 Å². The number of amides is 1. The molecule has 1 aromatic heterocycles. The van der Waals surface area contributed by atoms with E-state index in [0.29, 0.717) is 6.04 Å². The highest BCUT2D eigenvalue weighted by Gasteiger charge is 2.35. The Morgan fingerprint density at radius 3 is 2.76 bits per heavy atom. The molecule has 1 aromatic rings. The van der Waals surface area contributed by atoms with Gasteiger partial charge >= 0.3 is 0 Å². The van der Waals surface area contributed by atoms with Crippen molar-refractivity contribution < 1.29 is 4.79 Å². The third-order valence-corrected chi connectivity index (χ3v) is 4.11. The van der Waals surface area contributed by atoms with E-state index in [1.807, 2.05) is 18.7 Å². The maximum atomic E-state index is 12.3. The molecule has 2 rings (SSSR count). The summed E-state index contributed by atoms with van der Waals surface area (Å²) in [6.45, 7) is 4.57. The predicted molar refractivity (Wildman–Crippen MR) is 70.7 cm³/mol. The van der Waals surface area contributed by atoms with E-state index in [4.69, 9.17) is 5.73 Å². The molecular weight excluding hydrogens is 232 g/mol. The predicted octanol–water partition coefficient (Wildman–Crippen LogP) is 2.22. The van der Waals surface area contributed by atoms with Crippen molar-refractivity contribution in [2.45, 2.75) is 45.3 Å². The van der Waals surface area contributed by atoms with E-state index in [-0.39, 0.29) is 17.9 Å². The summed E-state index contributed by atoms with van der Waals surface area (Å²) >= 11 is 1.68. The molecule has 1 aliphatic rings. The molecule has 2 N–H and O–H groups in total. The van der Waals surface area contributed by atoms with Gasteiger partial charge in [0.1, 0.15) is 0 Å². The Balaban J connectivity index is 2.04. The van der Waals surface area contributed by atoms with Crippen molar-refractivity contribution in [1.29, 1.82) is 0 Å². The summed E-state index contributed by atoms with van der Waals surface area (Å²) in [5.41, 5.74) is 7.05. The molecule has 1 aliphatic carbocycles. The second-order valence-corrected chi connectivity index (χ2v) is 5.76. The van der Waals surface area contributed by atoms with Gasteiger partial charge in [-0.2, -0.15) is 11.3 Å². The highest BCUT2D eigenvalue weighted by atomic mass is 32.1. The van der Waals surface area contributed by atoms with E-state index in [9.17, 15) is 4.79 Å². The fourth-order valence-corrected chi connectivity index (χ4v) is 2.50. The van der Waals surface area contributed by atoms with Gasteiger partial charge in [0.05, 0.1) is 5.92 Å². The van der Waals surface area contributed by atoms with Crippen molar-refractivity contribution >= 4 is 17.2 Å². The van der Waals surface area contributed by atoms with Gasteiger partial charge in [-0.3, -0.25) is 4.79 Å². The van der Waals surface area contributed by atoms with Gasteiger partial charge in [0, 0.05) is 18.6 Å². The fourth-order valence-electron chi connectivity index (χ4n) is 1.84. The van der Waals surface area contributed by atoms with Crippen molar-refractivity contribution in [1.82, 2.24) is 4.90 Å². The molecule has 17 heavy (non-hydrogen) atoms. The molecule has 3 nitrogen and oxygen atoms in total. The SMILES string of the molecule is CC(N)C(C)C(=O)N(Cc1ccsc1)C1CC1. The largest absolute Gasteiger partial charge is 0.335 e. The summed E-state index contributed by atoms with van der Waals surface area (Å²) in [6.07, 6.45) is 2.28. The lowest BCUT2D eigenvalue weighted by Crippen LogP contribution is -2.42. The van der Waals surface area contributed by atoms with E-state index >= 15 is 0 Å². The molecule has 1 saturated carbocycles. The summed E-state index contributed by atoms with van der Waals surface area (Å²) in [7, 11) is 0. The number of hydrogen-bond donors (Lipinski definition) is 1. The number of nitrogens with two attached hydrogens (primary N) is 1. The topological polar surface area (TPSA) is 46.3 Å². The normalized spacial score (nSPS) is 18.8. The first kappa shape index (κ1) is 12.6. The van der Waals surface area contributed by atoms with E-state index in [1.165, 1.54) is 5.56 Å². The smallest absolute Gasteiger partial charge is 0.227 e. The Bertz CT molecular complexity index is 371. The molecule has 2 atom stereocenters. The van der Waals surface area contributed by atoms with Crippen molar-refractivity contribution in [2.75, 3.05) is 0 Å². The second-order valence-electron chi connectivity index (χ2n) is 4.98. The number of carbonyl (C=O) groups is 1. The molecule has 4 heteroatoms. The maximum absolute atomic E-state index is 12.3. The van der Waals surface area contributed by atoms with Gasteiger partial charge in [0.25, 0.3) is 0 Å². The summed E-state index contributed by atoms with van der Waals surface area (Å²) in [4.78, 5) is 14.4. The Hall–Kier alpha value is -0.870. The van der Waals surface area contributed by atoms with Crippen LogP contribution in [0.1, 0.15) is 32.3 Å². The minimum Gasteiger partial charge on any atom is -0.335 e. The van der Waals surface area contributed by atoms with Crippen LogP contribution >= 0.6 is 11.3 Å². The van der Waals surface area contributed by atoms with E-state index in [1.54, 1.807) is 11.3 Å². The van der Waals surface area contributed by atoms with Gasteiger partial charge < -0.3 is 10.6 Å². The number of carbonyl (C=O) groups excluding carboxylic acids is 1. The Labute approximate surface area is 107 Å². The summed E-state index contributed by atoms with van der Waals surface area (Å²) in [5.74, 6) is 0.114. The monoisotopic (exact) mass is 252 g/mol. The molecule has 94 valence electrons. The molecule has 0 radical (unpaired) electrons. The Morgan fingerprint density at radius 2 is 2.29 bits per heavy atom. The Kier molecular flexibility index (Phi) is 3.84. The average Bonchev–Trinajstić information content (AvgIpc) is 3.01. The molecule has 1 amide bonds. The van der Waals surface area contributed by atoms with Crippen LogP contribution in [0.15, 0.2) is 16.8 Å². The number of rotatable bonds is 5. The van der Waals surface area contributed by atoms with Crippen LogP contribution in [0, 0.1) is 5.92 Å². The highest BCUT2D eigenvalue weighted by molar-refractivity contribution is 7.07. The van der Waals surface area contributed by atoms with Crippen molar-refractivity contribution in [3.63, 3.8) is 0 Å². The van der Waals surface area contributed by atoms with Crippen LogP contribution in [0.3, 0.4) is 0 Å². The maximum Gasteiger partial charge on any atom is 0.227 e. The van der Waals surface area contributed by atoms with Gasteiger partial charge in [0.15, 0.2) is 0 Å². The van der Waals surface area contributed by atoms with Gasteiger partial charge in [-0.05, 0) is 42.2 Å². The van der Waals surface area contributed by atoms with Gasteiger partial charge in [-0.1, -0.05) is 6.92 Å². The standard InChI is InChI=1S/C13H20N2OS/c1-9(10(2)14)13(16)15(12-3-4-12)7-11-5-6-17-8-11/h5-6,8-10,12H,3-4,7,14H2,1-2H3. The average molecular weight is 252 g/mol. The zero-order chi connectivity index (χ0) is 12.4. The van der Waals surface area contributed by atoms with Crippen molar-refractivity contribution in [3.8, 4) is 0 Å². The van der Waals surface area contributed by atoms with Gasteiger partial charge in [-0.25, -0.2) is 0 Å². The minimum atomic E-state index is -0.0887. The van der Waals surface area contributed by atoms with Crippen LogP contribution in [-0.4, -0.2) is 22.9 Å². The zero-order valence-electron chi connectivity index (χ0n) is 10.4. The Morgan fingerprint density at radius 1 is 1.59 bits per heavy atom. The lowest BCUT2D eigenvalue weighted by atomic mass is 10.0. The van der Waals surface area contributed by atoms with Crippen LogP contribution in [0.4, 0.5) is 0 Å². The van der Waals surface area contributed by atoms with Crippen LogP contribution in [0.2, 0.25) is 0 Å². The van der Waals surface area contributed by atoms with Gasteiger partial charge in [-0.15, -0.1) is 0 Å². The highest BCUT2D eigenvalue weighted by Crippen LogP contribution is 2.30. The van der Waals surface area contributed by atoms with E-state index in [0.717, 1.165) is 19.4 Å². The van der Waals surface area contributed by atoms with Crippen LogP contribution < -0.4 is 5.73 Å². The number of nitrogens with zero attached hydrogens (tertiary/aromatic N) is 1. The van der Waals surface area contributed by atoms with Crippen molar-refractivity contribution in [2.24, 2.45) is 11.7 Å². The second kappa shape index (κ2) is 5.19. The molecular formula is C13H20N2OS. The lowest BCUT2D eigenvalue weighted by Gasteiger charge is -2.27. The van der Waals surface area contributed by atoms with Crippen LogP contribution in [0.25, 0.3) is 0 Å². The van der Waals surface area contributed by atoms with E-state index < -0.39 is 0 Å². The third-order valence-electron chi connectivity index (χ3n) is 3.38. The molecule has 0 spiro atoms. The molecule has 0 aromatic carbocycles. The fraction of sp³-hybridized carbons (Fsp3) is 0.615. The number of thiophene rings is 1. The summed E-state index contributed by atoms with van der Waals surface area (Å²) in [5, 5.41) is 4.17. The summed E-state index contributed by atoms with van der Waals surface area (Å²) < 4.78 is 0. The van der Waals surface area contributed by atoms with Gasteiger partial charge in [0.2, 0.25) is 5.91 Å². The van der Waals surface area contributed by atoms with Crippen molar-refractivity contribution in [3.05, 3.63) is 22.4 Å². The minimum absolute atomic E-state index is 0.0776. The first-order chi connectivity index (χ1) is 8.09. The van der Waals surface area contributed by atoms with Crippen LogP contribution in [-0.2, 0) is 11.3 Å². The molecule has 0 bridgehead atoms.